The Bertz CT molecular complexity index is 399. The largest absolute Gasteiger partial charge is 0.387 e. The molecule has 1 fully saturated rings. The Morgan fingerprint density at radius 1 is 1.41 bits per heavy atom. The lowest BCUT2D eigenvalue weighted by Gasteiger charge is -2.20. The molecular weight excluding hydrogens is 214 g/mol. The zero-order chi connectivity index (χ0) is 12.4. The lowest BCUT2D eigenvalue weighted by molar-refractivity contribution is -0.128. The number of hydrogen-bond donors (Lipinski definition) is 1. The first-order valence-corrected chi connectivity index (χ1v) is 6.08. The summed E-state index contributed by atoms with van der Waals surface area (Å²) < 4.78 is 0. The molecule has 0 spiro atoms. The first kappa shape index (κ1) is 12.1. The highest BCUT2D eigenvalue weighted by Gasteiger charge is 2.28. The van der Waals surface area contributed by atoms with Gasteiger partial charge in [-0.1, -0.05) is 36.8 Å². The van der Waals surface area contributed by atoms with E-state index in [4.69, 9.17) is 0 Å². The molecule has 3 heteroatoms. The molecule has 17 heavy (non-hydrogen) atoms. The Hall–Kier alpha value is -1.35. The van der Waals surface area contributed by atoms with E-state index >= 15 is 0 Å². The second-order valence-corrected chi connectivity index (χ2v) is 5.03. The Kier molecular flexibility index (Phi) is 3.48. The van der Waals surface area contributed by atoms with Crippen LogP contribution in [0, 0.1) is 12.8 Å². The molecule has 2 unspecified atom stereocenters. The number of benzene rings is 1. The summed E-state index contributed by atoms with van der Waals surface area (Å²) in [6.07, 6.45) is 0.0329. The molecule has 92 valence electrons. The van der Waals surface area contributed by atoms with Crippen molar-refractivity contribution in [3.05, 3.63) is 35.4 Å². The second kappa shape index (κ2) is 4.88. The van der Waals surface area contributed by atoms with Crippen molar-refractivity contribution in [2.24, 2.45) is 5.92 Å². The molecule has 1 aromatic rings. The van der Waals surface area contributed by atoms with Gasteiger partial charge in [0.15, 0.2) is 0 Å². The number of carbonyl (C=O) groups excluding carboxylic acids is 1. The average molecular weight is 233 g/mol. The van der Waals surface area contributed by atoms with Gasteiger partial charge in [-0.25, -0.2) is 0 Å². The van der Waals surface area contributed by atoms with E-state index in [2.05, 4.69) is 6.92 Å². The molecule has 1 aliphatic rings. The molecule has 0 aromatic heterocycles. The third-order valence-electron chi connectivity index (χ3n) is 3.26. The van der Waals surface area contributed by atoms with Crippen molar-refractivity contribution >= 4 is 5.91 Å². The molecular formula is C14H19NO2. The Balaban J connectivity index is 1.99. The van der Waals surface area contributed by atoms with Crippen LogP contribution in [0.5, 0.6) is 0 Å². The third kappa shape index (κ3) is 2.86. The van der Waals surface area contributed by atoms with Crippen molar-refractivity contribution in [1.82, 2.24) is 4.90 Å². The van der Waals surface area contributed by atoms with E-state index in [1.54, 1.807) is 4.90 Å². The summed E-state index contributed by atoms with van der Waals surface area (Å²) >= 11 is 0. The van der Waals surface area contributed by atoms with Crippen LogP contribution in [-0.2, 0) is 4.79 Å². The van der Waals surface area contributed by atoms with Gasteiger partial charge < -0.3 is 10.0 Å². The van der Waals surface area contributed by atoms with Gasteiger partial charge in [-0.2, -0.15) is 0 Å². The summed E-state index contributed by atoms with van der Waals surface area (Å²) in [7, 11) is 0. The first-order valence-electron chi connectivity index (χ1n) is 6.08. The highest BCUT2D eigenvalue weighted by Crippen LogP contribution is 2.21. The van der Waals surface area contributed by atoms with E-state index in [0.717, 1.165) is 12.1 Å². The van der Waals surface area contributed by atoms with Crippen molar-refractivity contribution in [3.8, 4) is 0 Å². The highest BCUT2D eigenvalue weighted by atomic mass is 16.3. The van der Waals surface area contributed by atoms with Crippen molar-refractivity contribution in [2.45, 2.75) is 26.4 Å². The number of aliphatic hydroxyl groups is 1. The van der Waals surface area contributed by atoms with Gasteiger partial charge in [0, 0.05) is 13.0 Å². The molecule has 0 bridgehead atoms. The molecule has 1 aliphatic heterocycles. The zero-order valence-corrected chi connectivity index (χ0v) is 10.4. The van der Waals surface area contributed by atoms with E-state index in [1.165, 1.54) is 5.56 Å². The van der Waals surface area contributed by atoms with Crippen LogP contribution in [0.1, 0.15) is 30.6 Å². The minimum absolute atomic E-state index is 0.156. The number of likely N-dealkylation sites (tertiary alicyclic amines) is 1. The summed E-state index contributed by atoms with van der Waals surface area (Å²) in [6.45, 7) is 5.26. The smallest absolute Gasteiger partial charge is 0.223 e. The molecule has 0 aliphatic carbocycles. The zero-order valence-electron chi connectivity index (χ0n) is 10.4. The lowest BCUT2D eigenvalue weighted by Crippen LogP contribution is -2.30. The number of hydrogen-bond acceptors (Lipinski definition) is 2. The standard InChI is InChI=1S/C14H19NO2/c1-10-3-5-12(6-4-10)13(16)9-15-8-11(2)7-14(15)17/h3-6,11,13,16H,7-9H2,1-2H3. The van der Waals surface area contributed by atoms with Crippen LogP contribution in [0.2, 0.25) is 0 Å². The predicted octanol–water partition coefficient (Wildman–Crippen LogP) is 1.90. The molecule has 3 nitrogen and oxygen atoms in total. The topological polar surface area (TPSA) is 40.5 Å². The monoisotopic (exact) mass is 233 g/mol. The molecule has 2 rings (SSSR count). The number of β-amino-alcohol motifs (C(OH)–C–C–N with tert-alkyl or cyclic N) is 1. The summed E-state index contributed by atoms with van der Waals surface area (Å²) in [5, 5.41) is 10.1. The fraction of sp³-hybridized carbons (Fsp3) is 0.500. The van der Waals surface area contributed by atoms with Crippen molar-refractivity contribution in [2.75, 3.05) is 13.1 Å². The van der Waals surface area contributed by atoms with Crippen LogP contribution < -0.4 is 0 Å². The van der Waals surface area contributed by atoms with Crippen LogP contribution in [0.3, 0.4) is 0 Å². The van der Waals surface area contributed by atoms with Gasteiger partial charge in [0.2, 0.25) is 5.91 Å². The second-order valence-electron chi connectivity index (χ2n) is 5.03. The first-order chi connectivity index (χ1) is 8.06. The summed E-state index contributed by atoms with van der Waals surface area (Å²) in [6, 6.07) is 7.80. The molecule has 1 saturated heterocycles. The predicted molar refractivity (Wildman–Crippen MR) is 66.5 cm³/mol. The fourth-order valence-electron chi connectivity index (χ4n) is 2.25. The summed E-state index contributed by atoms with van der Waals surface area (Å²) in [5.41, 5.74) is 2.05. The minimum atomic E-state index is -0.579. The molecule has 0 saturated carbocycles. The van der Waals surface area contributed by atoms with Gasteiger partial charge in [-0.05, 0) is 18.4 Å². The van der Waals surface area contributed by atoms with Gasteiger partial charge >= 0.3 is 0 Å². The number of aryl methyl sites for hydroxylation is 1. The van der Waals surface area contributed by atoms with Crippen LogP contribution in [0.15, 0.2) is 24.3 Å². The maximum Gasteiger partial charge on any atom is 0.223 e. The van der Waals surface area contributed by atoms with Crippen molar-refractivity contribution in [1.29, 1.82) is 0 Å². The highest BCUT2D eigenvalue weighted by molar-refractivity contribution is 5.78. The molecule has 1 heterocycles. The number of amides is 1. The normalized spacial score (nSPS) is 21.9. The quantitative estimate of drug-likeness (QED) is 0.866. The van der Waals surface area contributed by atoms with Crippen molar-refractivity contribution in [3.63, 3.8) is 0 Å². The van der Waals surface area contributed by atoms with E-state index in [0.29, 0.717) is 18.9 Å². The molecule has 1 amide bonds. The van der Waals surface area contributed by atoms with E-state index < -0.39 is 6.10 Å². The van der Waals surface area contributed by atoms with Crippen molar-refractivity contribution < 1.29 is 9.90 Å². The minimum Gasteiger partial charge on any atom is -0.387 e. The molecule has 0 radical (unpaired) electrons. The molecule has 1 aromatic carbocycles. The number of carbonyl (C=O) groups is 1. The van der Waals surface area contributed by atoms with Crippen LogP contribution in [0.25, 0.3) is 0 Å². The number of nitrogens with zero attached hydrogens (tertiary/aromatic N) is 1. The molecule has 1 N–H and O–H groups in total. The number of rotatable bonds is 3. The summed E-state index contributed by atoms with van der Waals surface area (Å²) in [5.74, 6) is 0.566. The Labute approximate surface area is 102 Å². The van der Waals surface area contributed by atoms with E-state index in [9.17, 15) is 9.90 Å². The number of aliphatic hydroxyl groups excluding tert-OH is 1. The Morgan fingerprint density at radius 2 is 2.06 bits per heavy atom. The Morgan fingerprint density at radius 3 is 2.59 bits per heavy atom. The van der Waals surface area contributed by atoms with Gasteiger partial charge in [-0.3, -0.25) is 4.79 Å². The lowest BCUT2D eigenvalue weighted by atomic mass is 10.1. The van der Waals surface area contributed by atoms with Gasteiger partial charge in [0.25, 0.3) is 0 Å². The van der Waals surface area contributed by atoms with E-state index in [-0.39, 0.29) is 5.91 Å². The maximum absolute atomic E-state index is 11.6. The maximum atomic E-state index is 11.6. The third-order valence-corrected chi connectivity index (χ3v) is 3.26. The summed E-state index contributed by atoms with van der Waals surface area (Å²) in [4.78, 5) is 13.4. The van der Waals surface area contributed by atoms with Gasteiger partial charge in [-0.15, -0.1) is 0 Å². The van der Waals surface area contributed by atoms with Gasteiger partial charge in [0.05, 0.1) is 12.6 Å². The van der Waals surface area contributed by atoms with E-state index in [1.807, 2.05) is 31.2 Å². The average Bonchev–Trinajstić information content (AvgIpc) is 2.58. The van der Waals surface area contributed by atoms with Crippen LogP contribution in [0.4, 0.5) is 0 Å². The fourth-order valence-corrected chi connectivity index (χ4v) is 2.25. The molecule has 2 atom stereocenters. The van der Waals surface area contributed by atoms with Crippen LogP contribution in [-0.4, -0.2) is 29.0 Å². The van der Waals surface area contributed by atoms with Gasteiger partial charge in [0.1, 0.15) is 0 Å². The SMILES string of the molecule is Cc1ccc(C(O)CN2CC(C)CC2=O)cc1. The van der Waals surface area contributed by atoms with Crippen LogP contribution >= 0.6 is 0 Å².